The zero-order valence-corrected chi connectivity index (χ0v) is 15.7. The summed E-state index contributed by atoms with van der Waals surface area (Å²) in [6.07, 6.45) is 0.913. The summed E-state index contributed by atoms with van der Waals surface area (Å²) in [7, 11) is -0.731. The van der Waals surface area contributed by atoms with Crippen LogP contribution in [-0.2, 0) is 16.4 Å². The van der Waals surface area contributed by atoms with E-state index in [2.05, 4.69) is 5.32 Å². The van der Waals surface area contributed by atoms with Crippen molar-refractivity contribution in [2.75, 3.05) is 20.5 Å². The van der Waals surface area contributed by atoms with Gasteiger partial charge >= 0.3 is 0 Å². The number of nitro groups is 1. The van der Waals surface area contributed by atoms with E-state index in [9.17, 15) is 23.3 Å². The minimum Gasteiger partial charge on any atom is -0.497 e. The molecule has 0 spiro atoms. The predicted octanol–water partition coefficient (Wildman–Crippen LogP) is 1.95. The van der Waals surface area contributed by atoms with Crippen molar-refractivity contribution in [3.8, 4) is 11.5 Å². The van der Waals surface area contributed by atoms with Crippen molar-refractivity contribution in [1.82, 2.24) is 5.32 Å². The molecule has 1 N–H and O–H groups in total. The van der Waals surface area contributed by atoms with E-state index in [0.717, 1.165) is 24.5 Å². The van der Waals surface area contributed by atoms with Crippen LogP contribution < -0.4 is 14.8 Å². The average Bonchev–Trinajstić information content (AvgIpc) is 2.64. The largest absolute Gasteiger partial charge is 0.497 e. The molecule has 0 aliphatic carbocycles. The Bertz CT molecular complexity index is 965. The topological polar surface area (TPSA) is 125 Å². The van der Waals surface area contributed by atoms with E-state index < -0.39 is 26.4 Å². The van der Waals surface area contributed by atoms with Gasteiger partial charge in [-0.1, -0.05) is 0 Å². The summed E-state index contributed by atoms with van der Waals surface area (Å²) in [4.78, 5) is 22.4. The lowest BCUT2D eigenvalue weighted by Crippen LogP contribution is -2.23. The fraction of sp³-hybridized carbons (Fsp3) is 0.235. The van der Waals surface area contributed by atoms with Gasteiger partial charge < -0.3 is 14.8 Å². The van der Waals surface area contributed by atoms with Crippen molar-refractivity contribution in [3.05, 3.63) is 57.6 Å². The zero-order valence-electron chi connectivity index (χ0n) is 14.9. The quantitative estimate of drug-likeness (QED) is 0.562. The molecular weight excluding hydrogens is 376 g/mol. The second kappa shape index (κ2) is 8.04. The number of sulfone groups is 1. The number of hydrogen-bond donors (Lipinski definition) is 1. The number of non-ortho nitro benzene ring substituents is 1. The summed E-state index contributed by atoms with van der Waals surface area (Å²) in [6, 6.07) is 8.10. The number of carbonyl (C=O) groups is 1. The Morgan fingerprint density at radius 1 is 1.07 bits per heavy atom. The molecule has 2 rings (SSSR count). The van der Waals surface area contributed by atoms with Crippen LogP contribution in [-0.4, -0.2) is 39.7 Å². The molecule has 27 heavy (non-hydrogen) atoms. The number of benzene rings is 2. The minimum atomic E-state index is -3.72. The smallest absolute Gasteiger partial charge is 0.271 e. The summed E-state index contributed by atoms with van der Waals surface area (Å²) in [6.45, 7) is 0.0866. The number of amides is 1. The predicted molar refractivity (Wildman–Crippen MR) is 96.9 cm³/mol. The van der Waals surface area contributed by atoms with Gasteiger partial charge in [0.2, 0.25) is 0 Å². The number of ether oxygens (including phenoxy) is 2. The van der Waals surface area contributed by atoms with Crippen LogP contribution in [0.2, 0.25) is 0 Å². The highest BCUT2D eigenvalue weighted by Gasteiger charge is 2.19. The molecular formula is C17H18N2O7S. The molecule has 2 aromatic carbocycles. The van der Waals surface area contributed by atoms with Crippen molar-refractivity contribution in [2.45, 2.75) is 11.4 Å². The molecule has 2 aromatic rings. The highest BCUT2D eigenvalue weighted by molar-refractivity contribution is 7.90. The van der Waals surface area contributed by atoms with Gasteiger partial charge in [-0.05, 0) is 23.8 Å². The third-order valence-corrected chi connectivity index (χ3v) is 4.75. The van der Waals surface area contributed by atoms with E-state index in [1.54, 1.807) is 18.2 Å². The van der Waals surface area contributed by atoms with Crippen molar-refractivity contribution < 1.29 is 27.6 Å². The monoisotopic (exact) mass is 394 g/mol. The first-order valence-electron chi connectivity index (χ1n) is 7.63. The van der Waals surface area contributed by atoms with Crippen LogP contribution in [0.3, 0.4) is 0 Å². The van der Waals surface area contributed by atoms with E-state index in [0.29, 0.717) is 17.1 Å². The molecule has 0 aliphatic heterocycles. The molecule has 0 atom stereocenters. The van der Waals surface area contributed by atoms with Crippen LogP contribution in [0.4, 0.5) is 5.69 Å². The second-order valence-corrected chi connectivity index (χ2v) is 7.66. The van der Waals surface area contributed by atoms with Gasteiger partial charge in [0.1, 0.15) is 11.5 Å². The molecule has 0 unspecified atom stereocenters. The standard InChI is InChI=1S/C17H18N2O7S/c1-25-14-4-11(5-15(9-14)26-2)10-18-17(20)12-6-13(19(21)22)8-16(7-12)27(3,23)24/h4-9H,10H2,1-3H3,(H,18,20). The van der Waals surface area contributed by atoms with Crippen LogP contribution in [0, 0.1) is 10.1 Å². The maximum Gasteiger partial charge on any atom is 0.271 e. The van der Waals surface area contributed by atoms with Gasteiger partial charge in [0.05, 0.1) is 24.0 Å². The zero-order chi connectivity index (χ0) is 20.2. The highest BCUT2D eigenvalue weighted by Crippen LogP contribution is 2.23. The first-order chi connectivity index (χ1) is 12.6. The maximum atomic E-state index is 12.4. The number of hydrogen-bond acceptors (Lipinski definition) is 7. The SMILES string of the molecule is COc1cc(CNC(=O)c2cc([N+](=O)[O-])cc(S(C)(=O)=O)c2)cc(OC)c1. The van der Waals surface area contributed by atoms with Gasteiger partial charge in [-0.25, -0.2) is 8.42 Å². The van der Waals surface area contributed by atoms with E-state index in [1.807, 2.05) is 0 Å². The molecule has 0 aromatic heterocycles. The van der Waals surface area contributed by atoms with Crippen LogP contribution in [0.15, 0.2) is 41.3 Å². The van der Waals surface area contributed by atoms with Gasteiger partial charge in [0, 0.05) is 36.6 Å². The lowest BCUT2D eigenvalue weighted by atomic mass is 10.1. The van der Waals surface area contributed by atoms with Crippen molar-refractivity contribution in [3.63, 3.8) is 0 Å². The molecule has 0 radical (unpaired) electrons. The summed E-state index contributed by atoms with van der Waals surface area (Å²) < 4.78 is 33.7. The van der Waals surface area contributed by atoms with E-state index in [-0.39, 0.29) is 17.0 Å². The molecule has 0 aliphatic rings. The van der Waals surface area contributed by atoms with Crippen molar-refractivity contribution >= 4 is 21.4 Å². The Labute approximate surface area is 156 Å². The number of nitrogens with one attached hydrogen (secondary N) is 1. The Hall–Kier alpha value is -3.14. The number of nitro benzene ring substituents is 1. The van der Waals surface area contributed by atoms with Gasteiger partial charge in [0.15, 0.2) is 9.84 Å². The van der Waals surface area contributed by atoms with Gasteiger partial charge in [-0.3, -0.25) is 14.9 Å². The molecule has 9 nitrogen and oxygen atoms in total. The van der Waals surface area contributed by atoms with Crippen LogP contribution in [0.25, 0.3) is 0 Å². The molecule has 1 amide bonds. The number of carbonyl (C=O) groups excluding carboxylic acids is 1. The van der Waals surface area contributed by atoms with Crippen LogP contribution in [0.5, 0.6) is 11.5 Å². The Morgan fingerprint density at radius 3 is 2.15 bits per heavy atom. The Morgan fingerprint density at radius 2 is 1.67 bits per heavy atom. The van der Waals surface area contributed by atoms with Crippen molar-refractivity contribution in [1.29, 1.82) is 0 Å². The maximum absolute atomic E-state index is 12.4. The summed E-state index contributed by atoms with van der Waals surface area (Å²) >= 11 is 0. The molecule has 0 saturated heterocycles. The van der Waals surface area contributed by atoms with Crippen LogP contribution >= 0.6 is 0 Å². The summed E-state index contributed by atoms with van der Waals surface area (Å²) in [5.74, 6) is 0.423. The van der Waals surface area contributed by atoms with Gasteiger partial charge in [0.25, 0.3) is 11.6 Å². The fourth-order valence-corrected chi connectivity index (χ4v) is 2.96. The molecule has 0 fully saturated rings. The second-order valence-electron chi connectivity index (χ2n) is 5.65. The first kappa shape index (κ1) is 20.2. The Balaban J connectivity index is 2.28. The number of rotatable bonds is 7. The molecule has 0 saturated carbocycles. The van der Waals surface area contributed by atoms with Crippen molar-refractivity contribution in [2.24, 2.45) is 0 Å². The van der Waals surface area contributed by atoms with Gasteiger partial charge in [-0.2, -0.15) is 0 Å². The first-order valence-corrected chi connectivity index (χ1v) is 9.53. The van der Waals surface area contributed by atoms with E-state index in [4.69, 9.17) is 9.47 Å². The lowest BCUT2D eigenvalue weighted by molar-refractivity contribution is -0.385. The molecule has 0 heterocycles. The minimum absolute atomic E-state index is 0.0866. The summed E-state index contributed by atoms with van der Waals surface area (Å²) in [5, 5.41) is 13.6. The third-order valence-electron chi connectivity index (χ3n) is 3.66. The third kappa shape index (κ3) is 5.17. The lowest BCUT2D eigenvalue weighted by Gasteiger charge is -2.10. The van der Waals surface area contributed by atoms with Crippen LogP contribution in [0.1, 0.15) is 15.9 Å². The molecule has 10 heteroatoms. The number of nitrogens with zero attached hydrogens (tertiary/aromatic N) is 1. The summed E-state index contributed by atoms with van der Waals surface area (Å²) in [5.41, 5.74) is 0.0685. The normalized spacial score (nSPS) is 10.9. The average molecular weight is 394 g/mol. The van der Waals surface area contributed by atoms with Gasteiger partial charge in [-0.15, -0.1) is 0 Å². The Kier molecular flexibility index (Phi) is 6.01. The fourth-order valence-electron chi connectivity index (χ4n) is 2.29. The van der Waals surface area contributed by atoms with E-state index >= 15 is 0 Å². The van der Waals surface area contributed by atoms with E-state index in [1.165, 1.54) is 14.2 Å². The highest BCUT2D eigenvalue weighted by atomic mass is 32.2. The molecule has 144 valence electrons. The number of methoxy groups -OCH3 is 2. The molecule has 0 bridgehead atoms.